The summed E-state index contributed by atoms with van der Waals surface area (Å²) in [5, 5.41) is 0. The summed E-state index contributed by atoms with van der Waals surface area (Å²) in [6.45, 7) is 10.8. The number of benzene rings is 1. The lowest BCUT2D eigenvalue weighted by Crippen LogP contribution is -2.39. The largest absolute Gasteiger partial charge is 0.444 e. The van der Waals surface area contributed by atoms with E-state index in [1.54, 1.807) is 11.9 Å². The lowest BCUT2D eigenvalue weighted by molar-refractivity contribution is 0.0157. The lowest BCUT2D eigenvalue weighted by atomic mass is 10.1. The lowest BCUT2D eigenvalue weighted by Gasteiger charge is -2.32. The number of aryl methyl sites for hydroxylation is 1. The Bertz CT molecular complexity index is 681. The van der Waals surface area contributed by atoms with Crippen molar-refractivity contribution in [2.45, 2.75) is 65.5 Å². The molecule has 6 nitrogen and oxygen atoms in total. The Morgan fingerprint density at radius 2 is 1.89 bits per heavy atom. The molecule has 27 heavy (non-hydrogen) atoms. The van der Waals surface area contributed by atoms with Crippen molar-refractivity contribution in [3.8, 4) is 5.75 Å². The van der Waals surface area contributed by atoms with Gasteiger partial charge in [-0.1, -0.05) is 13.0 Å². The summed E-state index contributed by atoms with van der Waals surface area (Å²) in [5.41, 5.74) is 1.69. The van der Waals surface area contributed by atoms with Crippen LogP contribution >= 0.6 is 0 Å². The maximum Gasteiger partial charge on any atom is 0.414 e. The van der Waals surface area contributed by atoms with E-state index in [2.05, 4.69) is 0 Å². The molecule has 0 fully saturated rings. The first-order valence-electron chi connectivity index (χ1n) is 9.71. The van der Waals surface area contributed by atoms with Crippen LogP contribution in [0.1, 0.15) is 64.6 Å². The van der Waals surface area contributed by atoms with E-state index in [1.807, 2.05) is 52.8 Å². The number of fused-ring (bicyclic) bond motifs is 1. The Kier molecular flexibility index (Phi) is 6.73. The summed E-state index contributed by atoms with van der Waals surface area (Å²) in [6.07, 6.45) is 1.91. The fourth-order valence-electron chi connectivity index (χ4n) is 3.19. The Morgan fingerprint density at radius 3 is 2.48 bits per heavy atom. The van der Waals surface area contributed by atoms with Crippen LogP contribution in [0.4, 0.5) is 9.59 Å². The van der Waals surface area contributed by atoms with E-state index in [1.165, 1.54) is 10.5 Å². The fourth-order valence-corrected chi connectivity index (χ4v) is 3.19. The molecule has 1 aliphatic rings. The standard InChI is InChI=1S/C21H32N2O4/c1-7-13-23(20(25)27-21(3,4)5)18-12-10-15-9-11-16(14-17(15)18)26-19(24)22(6)8-2/h9,11,14,18H,7-8,10,12-13H2,1-6H3. The van der Waals surface area contributed by atoms with E-state index in [9.17, 15) is 9.59 Å². The van der Waals surface area contributed by atoms with E-state index in [0.717, 1.165) is 24.8 Å². The zero-order valence-electron chi connectivity index (χ0n) is 17.4. The van der Waals surface area contributed by atoms with Crippen LogP contribution in [0, 0.1) is 0 Å². The maximum atomic E-state index is 12.7. The van der Waals surface area contributed by atoms with Crippen molar-refractivity contribution in [1.82, 2.24) is 9.80 Å². The minimum absolute atomic E-state index is 0.0580. The van der Waals surface area contributed by atoms with Gasteiger partial charge in [-0.05, 0) is 70.2 Å². The smallest absolute Gasteiger partial charge is 0.414 e. The van der Waals surface area contributed by atoms with Crippen molar-refractivity contribution in [2.75, 3.05) is 20.1 Å². The summed E-state index contributed by atoms with van der Waals surface area (Å²) in [6, 6.07) is 5.64. The topological polar surface area (TPSA) is 59.1 Å². The van der Waals surface area contributed by atoms with E-state index in [4.69, 9.17) is 9.47 Å². The van der Waals surface area contributed by atoms with Gasteiger partial charge in [0.05, 0.1) is 6.04 Å². The predicted molar refractivity (Wildman–Crippen MR) is 105 cm³/mol. The first-order valence-corrected chi connectivity index (χ1v) is 9.71. The van der Waals surface area contributed by atoms with E-state index >= 15 is 0 Å². The number of amides is 2. The molecule has 6 heteroatoms. The van der Waals surface area contributed by atoms with Gasteiger partial charge in [0, 0.05) is 20.1 Å². The van der Waals surface area contributed by atoms with Crippen LogP contribution in [0.25, 0.3) is 0 Å². The fraction of sp³-hybridized carbons (Fsp3) is 0.619. The van der Waals surface area contributed by atoms with E-state index < -0.39 is 5.60 Å². The molecule has 0 heterocycles. The number of hydrogen-bond donors (Lipinski definition) is 0. The Balaban J connectivity index is 2.24. The zero-order chi connectivity index (χ0) is 20.2. The monoisotopic (exact) mass is 376 g/mol. The molecular weight excluding hydrogens is 344 g/mol. The number of carbonyl (C=O) groups is 2. The minimum Gasteiger partial charge on any atom is -0.444 e. The molecule has 0 aliphatic heterocycles. The molecule has 0 aromatic heterocycles. The number of hydrogen-bond acceptors (Lipinski definition) is 4. The van der Waals surface area contributed by atoms with Gasteiger partial charge in [0.2, 0.25) is 0 Å². The molecule has 2 rings (SSSR count). The Labute approximate surface area is 162 Å². The van der Waals surface area contributed by atoms with E-state index in [0.29, 0.717) is 18.8 Å². The zero-order valence-corrected chi connectivity index (χ0v) is 17.4. The van der Waals surface area contributed by atoms with Crippen LogP contribution < -0.4 is 4.74 Å². The van der Waals surface area contributed by atoms with Crippen LogP contribution in [0.2, 0.25) is 0 Å². The number of nitrogens with zero attached hydrogens (tertiary/aromatic N) is 2. The van der Waals surface area contributed by atoms with Crippen molar-refractivity contribution >= 4 is 12.2 Å². The highest BCUT2D eigenvalue weighted by atomic mass is 16.6. The van der Waals surface area contributed by atoms with Gasteiger partial charge in [-0.2, -0.15) is 0 Å². The van der Waals surface area contributed by atoms with Crippen LogP contribution in [-0.4, -0.2) is 47.7 Å². The number of ether oxygens (including phenoxy) is 2. The Morgan fingerprint density at radius 1 is 1.19 bits per heavy atom. The molecule has 2 amide bonds. The highest BCUT2D eigenvalue weighted by molar-refractivity contribution is 5.71. The summed E-state index contributed by atoms with van der Waals surface area (Å²) in [7, 11) is 1.70. The van der Waals surface area contributed by atoms with Crippen LogP contribution in [0.5, 0.6) is 5.75 Å². The summed E-state index contributed by atoms with van der Waals surface area (Å²) >= 11 is 0. The molecule has 0 saturated carbocycles. The highest BCUT2D eigenvalue weighted by Gasteiger charge is 2.33. The van der Waals surface area contributed by atoms with Crippen molar-refractivity contribution in [3.63, 3.8) is 0 Å². The molecule has 1 unspecified atom stereocenters. The third-order valence-electron chi connectivity index (χ3n) is 4.62. The SMILES string of the molecule is CCCN(C(=O)OC(C)(C)C)C1CCc2ccc(OC(=O)N(C)CC)cc21. The molecule has 150 valence electrons. The molecule has 1 aromatic rings. The summed E-state index contributed by atoms with van der Waals surface area (Å²) < 4.78 is 11.1. The van der Waals surface area contributed by atoms with Crippen LogP contribution in [0.15, 0.2) is 18.2 Å². The van der Waals surface area contributed by atoms with Crippen molar-refractivity contribution < 1.29 is 19.1 Å². The second kappa shape index (κ2) is 8.63. The molecule has 0 spiro atoms. The minimum atomic E-state index is -0.535. The normalized spacial score (nSPS) is 15.9. The third kappa shape index (κ3) is 5.37. The van der Waals surface area contributed by atoms with E-state index in [-0.39, 0.29) is 18.2 Å². The Hall–Kier alpha value is -2.24. The molecule has 0 radical (unpaired) electrons. The van der Waals surface area contributed by atoms with Gasteiger partial charge in [0.15, 0.2) is 0 Å². The average molecular weight is 376 g/mol. The molecule has 1 aromatic carbocycles. The molecule has 0 saturated heterocycles. The quantitative estimate of drug-likeness (QED) is 0.742. The van der Waals surface area contributed by atoms with Gasteiger partial charge in [-0.15, -0.1) is 0 Å². The van der Waals surface area contributed by atoms with Gasteiger partial charge in [-0.25, -0.2) is 9.59 Å². The summed E-state index contributed by atoms with van der Waals surface area (Å²) in [5.74, 6) is 0.506. The molecular formula is C21H32N2O4. The highest BCUT2D eigenvalue weighted by Crippen LogP contribution is 2.38. The molecule has 0 N–H and O–H groups in total. The summed E-state index contributed by atoms with van der Waals surface area (Å²) in [4.78, 5) is 28.1. The van der Waals surface area contributed by atoms with Crippen molar-refractivity contribution in [3.05, 3.63) is 29.3 Å². The first kappa shape index (κ1) is 21.1. The molecule has 1 aliphatic carbocycles. The maximum absolute atomic E-state index is 12.7. The average Bonchev–Trinajstić information content (AvgIpc) is 3.00. The second-order valence-electron chi connectivity index (χ2n) is 7.97. The van der Waals surface area contributed by atoms with Gasteiger partial charge in [0.1, 0.15) is 11.4 Å². The first-order chi connectivity index (χ1) is 12.7. The van der Waals surface area contributed by atoms with Gasteiger partial charge in [0.25, 0.3) is 0 Å². The third-order valence-corrected chi connectivity index (χ3v) is 4.62. The van der Waals surface area contributed by atoms with Crippen molar-refractivity contribution in [1.29, 1.82) is 0 Å². The number of rotatable bonds is 5. The van der Waals surface area contributed by atoms with Gasteiger partial charge in [-0.3, -0.25) is 0 Å². The number of carbonyl (C=O) groups excluding carboxylic acids is 2. The van der Waals surface area contributed by atoms with Gasteiger partial charge < -0.3 is 19.3 Å². The predicted octanol–water partition coefficient (Wildman–Crippen LogP) is 4.77. The van der Waals surface area contributed by atoms with Gasteiger partial charge >= 0.3 is 12.2 Å². The van der Waals surface area contributed by atoms with Crippen molar-refractivity contribution in [2.24, 2.45) is 0 Å². The second-order valence-corrected chi connectivity index (χ2v) is 7.97. The van der Waals surface area contributed by atoms with Crippen LogP contribution in [-0.2, 0) is 11.2 Å². The molecule has 1 atom stereocenters. The van der Waals surface area contributed by atoms with Crippen LogP contribution in [0.3, 0.4) is 0 Å². The molecule has 0 bridgehead atoms.